The zero-order valence-electron chi connectivity index (χ0n) is 13.9. The van der Waals surface area contributed by atoms with Crippen molar-refractivity contribution in [2.24, 2.45) is 0 Å². The Morgan fingerprint density at radius 2 is 1.95 bits per heavy atom. The number of pyridine rings is 1. The molecule has 4 nitrogen and oxygen atoms in total. The number of rotatable bonds is 4. The van der Waals surface area contributed by atoms with Gasteiger partial charge in [0, 0.05) is 29.9 Å². The molecule has 0 radical (unpaired) electrons. The Hall–Kier alpha value is -1.68. The molecule has 0 bridgehead atoms. The van der Waals surface area contributed by atoms with Gasteiger partial charge in [-0.25, -0.2) is 9.67 Å². The van der Waals surface area contributed by atoms with E-state index in [1.807, 2.05) is 23.9 Å². The highest BCUT2D eigenvalue weighted by Gasteiger charge is 2.18. The van der Waals surface area contributed by atoms with Gasteiger partial charge in [-0.3, -0.25) is 0 Å². The van der Waals surface area contributed by atoms with Crippen molar-refractivity contribution in [3.05, 3.63) is 41.3 Å². The zero-order chi connectivity index (χ0) is 15.6. The van der Waals surface area contributed by atoms with Gasteiger partial charge < -0.3 is 5.32 Å². The van der Waals surface area contributed by atoms with Crippen molar-refractivity contribution in [3.8, 4) is 5.82 Å². The number of aromatic nitrogens is 3. The lowest BCUT2D eigenvalue weighted by Crippen LogP contribution is -2.23. The van der Waals surface area contributed by atoms with Crippen LogP contribution < -0.4 is 5.32 Å². The van der Waals surface area contributed by atoms with Crippen LogP contribution in [0.1, 0.15) is 51.6 Å². The molecule has 0 aliphatic heterocycles. The van der Waals surface area contributed by atoms with Gasteiger partial charge in [0.2, 0.25) is 0 Å². The lowest BCUT2D eigenvalue weighted by atomic mass is 9.90. The molecule has 0 unspecified atom stereocenters. The fourth-order valence-electron chi connectivity index (χ4n) is 2.04. The summed E-state index contributed by atoms with van der Waals surface area (Å²) in [5, 5.41) is 7.94. The molecule has 0 fully saturated rings. The summed E-state index contributed by atoms with van der Waals surface area (Å²) in [4.78, 5) is 4.79. The lowest BCUT2D eigenvalue weighted by Gasteiger charge is -2.20. The normalized spacial score (nSPS) is 12.1. The number of hydrogen-bond donors (Lipinski definition) is 1. The SMILES string of the molecule is Cc1ccn(-c2cc(CNC(C)C)cc(C(C)(C)C)n2)n1. The maximum Gasteiger partial charge on any atom is 0.153 e. The summed E-state index contributed by atoms with van der Waals surface area (Å²) < 4.78 is 1.85. The Morgan fingerprint density at radius 1 is 1.24 bits per heavy atom. The molecule has 2 heterocycles. The fraction of sp³-hybridized carbons (Fsp3) is 0.529. The van der Waals surface area contributed by atoms with Crippen LogP contribution in [0.3, 0.4) is 0 Å². The minimum Gasteiger partial charge on any atom is -0.310 e. The third-order valence-electron chi connectivity index (χ3n) is 3.31. The number of aryl methyl sites for hydroxylation is 1. The molecule has 4 heteroatoms. The third-order valence-corrected chi connectivity index (χ3v) is 3.31. The summed E-state index contributed by atoms with van der Waals surface area (Å²) in [6, 6.07) is 6.76. The van der Waals surface area contributed by atoms with Crippen LogP contribution in [0.4, 0.5) is 0 Å². The van der Waals surface area contributed by atoms with Crippen molar-refractivity contribution in [1.82, 2.24) is 20.1 Å². The predicted molar refractivity (Wildman–Crippen MR) is 86.8 cm³/mol. The number of nitrogens with one attached hydrogen (secondary N) is 1. The molecule has 114 valence electrons. The van der Waals surface area contributed by atoms with Gasteiger partial charge in [-0.15, -0.1) is 0 Å². The summed E-state index contributed by atoms with van der Waals surface area (Å²) in [6.45, 7) is 13.7. The molecule has 0 aliphatic carbocycles. The van der Waals surface area contributed by atoms with Crippen LogP contribution in [0.15, 0.2) is 24.4 Å². The van der Waals surface area contributed by atoms with Gasteiger partial charge >= 0.3 is 0 Å². The van der Waals surface area contributed by atoms with E-state index in [0.717, 1.165) is 23.8 Å². The standard InChI is InChI=1S/C17H26N4/c1-12(2)18-11-14-9-15(17(4,5)6)19-16(10-14)21-8-7-13(3)20-21/h7-10,12,18H,11H2,1-6H3. The fourth-order valence-corrected chi connectivity index (χ4v) is 2.04. The quantitative estimate of drug-likeness (QED) is 0.937. The molecule has 2 aromatic heterocycles. The first-order valence-electron chi connectivity index (χ1n) is 7.53. The molecule has 0 amide bonds. The molecule has 0 saturated carbocycles. The van der Waals surface area contributed by atoms with Crippen LogP contribution in [-0.2, 0) is 12.0 Å². The smallest absolute Gasteiger partial charge is 0.153 e. The second-order valence-electron chi connectivity index (χ2n) is 6.91. The van der Waals surface area contributed by atoms with E-state index in [1.54, 1.807) is 0 Å². The topological polar surface area (TPSA) is 42.7 Å². The van der Waals surface area contributed by atoms with Crippen molar-refractivity contribution >= 4 is 0 Å². The second kappa shape index (κ2) is 5.98. The Morgan fingerprint density at radius 3 is 2.48 bits per heavy atom. The Balaban J connectivity index is 2.42. The predicted octanol–water partition coefficient (Wildman–Crippen LogP) is 3.37. The first-order chi connectivity index (χ1) is 9.75. The van der Waals surface area contributed by atoms with Crippen LogP contribution in [0.2, 0.25) is 0 Å². The first-order valence-corrected chi connectivity index (χ1v) is 7.53. The molecule has 2 aromatic rings. The minimum atomic E-state index is 0.0186. The van der Waals surface area contributed by atoms with Gasteiger partial charge in [0.15, 0.2) is 5.82 Å². The Kier molecular flexibility index (Phi) is 4.47. The number of nitrogens with zero attached hydrogens (tertiary/aromatic N) is 3. The zero-order valence-corrected chi connectivity index (χ0v) is 13.9. The van der Waals surface area contributed by atoms with E-state index in [4.69, 9.17) is 4.98 Å². The van der Waals surface area contributed by atoms with E-state index >= 15 is 0 Å². The highest BCUT2D eigenvalue weighted by molar-refractivity contribution is 5.33. The summed E-state index contributed by atoms with van der Waals surface area (Å²) in [7, 11) is 0. The van der Waals surface area contributed by atoms with E-state index in [1.165, 1.54) is 5.56 Å². The van der Waals surface area contributed by atoms with Crippen molar-refractivity contribution in [2.45, 2.75) is 59.5 Å². The molecule has 1 N–H and O–H groups in total. The molecule has 0 saturated heterocycles. The van der Waals surface area contributed by atoms with E-state index < -0.39 is 0 Å². The van der Waals surface area contributed by atoms with Gasteiger partial charge in [0.25, 0.3) is 0 Å². The largest absolute Gasteiger partial charge is 0.310 e. The van der Waals surface area contributed by atoms with E-state index in [0.29, 0.717) is 6.04 Å². The summed E-state index contributed by atoms with van der Waals surface area (Å²) >= 11 is 0. The second-order valence-corrected chi connectivity index (χ2v) is 6.91. The van der Waals surface area contributed by atoms with E-state index in [2.05, 4.69) is 57.2 Å². The molecule has 0 aromatic carbocycles. The average Bonchev–Trinajstić information content (AvgIpc) is 2.82. The molecular formula is C17H26N4. The van der Waals surface area contributed by atoms with Crippen molar-refractivity contribution < 1.29 is 0 Å². The van der Waals surface area contributed by atoms with Crippen LogP contribution in [-0.4, -0.2) is 20.8 Å². The molecule has 0 spiro atoms. The first kappa shape index (κ1) is 15.7. The van der Waals surface area contributed by atoms with Gasteiger partial charge in [0.05, 0.1) is 5.69 Å². The van der Waals surface area contributed by atoms with Crippen LogP contribution in [0.5, 0.6) is 0 Å². The Bertz CT molecular complexity index is 605. The van der Waals surface area contributed by atoms with Crippen molar-refractivity contribution in [2.75, 3.05) is 0 Å². The molecule has 0 atom stereocenters. The average molecular weight is 286 g/mol. The monoisotopic (exact) mass is 286 g/mol. The Labute approximate surface area is 127 Å². The van der Waals surface area contributed by atoms with Crippen molar-refractivity contribution in [3.63, 3.8) is 0 Å². The van der Waals surface area contributed by atoms with E-state index in [-0.39, 0.29) is 5.41 Å². The van der Waals surface area contributed by atoms with E-state index in [9.17, 15) is 0 Å². The highest BCUT2D eigenvalue weighted by atomic mass is 15.3. The van der Waals surface area contributed by atoms with Gasteiger partial charge in [0.1, 0.15) is 0 Å². The van der Waals surface area contributed by atoms with Crippen LogP contribution >= 0.6 is 0 Å². The van der Waals surface area contributed by atoms with Crippen molar-refractivity contribution in [1.29, 1.82) is 0 Å². The number of hydrogen-bond acceptors (Lipinski definition) is 3. The maximum absolute atomic E-state index is 4.79. The molecule has 0 aliphatic rings. The minimum absolute atomic E-state index is 0.0186. The lowest BCUT2D eigenvalue weighted by molar-refractivity contribution is 0.558. The van der Waals surface area contributed by atoms with Crippen LogP contribution in [0.25, 0.3) is 5.82 Å². The third kappa shape index (κ3) is 4.14. The molecule has 21 heavy (non-hydrogen) atoms. The van der Waals surface area contributed by atoms with Gasteiger partial charge in [-0.1, -0.05) is 34.6 Å². The molecular weight excluding hydrogens is 260 g/mol. The summed E-state index contributed by atoms with van der Waals surface area (Å²) in [6.07, 6.45) is 1.96. The van der Waals surface area contributed by atoms with Crippen LogP contribution in [0, 0.1) is 6.92 Å². The highest BCUT2D eigenvalue weighted by Crippen LogP contribution is 2.23. The van der Waals surface area contributed by atoms with Gasteiger partial charge in [-0.05, 0) is 30.7 Å². The summed E-state index contributed by atoms with van der Waals surface area (Å²) in [5.74, 6) is 0.885. The summed E-state index contributed by atoms with van der Waals surface area (Å²) in [5.41, 5.74) is 3.35. The van der Waals surface area contributed by atoms with Gasteiger partial charge in [-0.2, -0.15) is 5.10 Å². The molecule has 2 rings (SSSR count). The maximum atomic E-state index is 4.79.